The smallest absolute Gasteiger partial charge is 0.448 e. The Morgan fingerprint density at radius 2 is 2.00 bits per heavy atom. The maximum Gasteiger partial charge on any atom is 1.00 e. The van der Waals surface area contributed by atoms with Gasteiger partial charge in [0.2, 0.25) is 5.91 Å². The summed E-state index contributed by atoms with van der Waals surface area (Å²) in [7, 11) is 0. The zero-order valence-electron chi connectivity index (χ0n) is 9.89. The molecule has 1 aliphatic rings. The number of rotatable bonds is 3. The van der Waals surface area contributed by atoms with E-state index >= 15 is 0 Å². The maximum absolute atomic E-state index is 12.2. The molecular formula is C9H16BF3KNO. The van der Waals surface area contributed by atoms with Crippen molar-refractivity contribution in [3.63, 3.8) is 0 Å². The number of hydrogen-bond acceptors (Lipinski definition) is 1. The number of likely N-dealkylation sites (tertiary alicyclic amines) is 1. The molecule has 1 atom stereocenters. The molecule has 0 aromatic rings. The normalized spacial score (nSPS) is 22.6. The molecule has 88 valence electrons. The van der Waals surface area contributed by atoms with Gasteiger partial charge in [-0.1, -0.05) is 13.3 Å². The summed E-state index contributed by atoms with van der Waals surface area (Å²) in [4.78, 5) is 12.4. The van der Waals surface area contributed by atoms with Crippen molar-refractivity contribution in [3.8, 4) is 0 Å². The molecule has 1 heterocycles. The molecule has 1 amide bonds. The minimum Gasteiger partial charge on any atom is -0.448 e. The molecular weight excluding hydrogens is 245 g/mol. The van der Waals surface area contributed by atoms with E-state index in [0.29, 0.717) is 12.3 Å². The number of hydrogen-bond donors (Lipinski definition) is 0. The van der Waals surface area contributed by atoms with Crippen LogP contribution in [0.15, 0.2) is 0 Å². The summed E-state index contributed by atoms with van der Waals surface area (Å²) < 4.78 is 36.6. The first-order chi connectivity index (χ1) is 6.92. The van der Waals surface area contributed by atoms with Gasteiger partial charge in [-0.25, -0.2) is 0 Å². The van der Waals surface area contributed by atoms with Gasteiger partial charge in [-0.15, -0.1) is 0 Å². The van der Waals surface area contributed by atoms with E-state index < -0.39 is 13.4 Å². The summed E-state index contributed by atoms with van der Waals surface area (Å²) in [6.07, 6.45) is 1.61. The predicted molar refractivity (Wildman–Crippen MR) is 53.3 cm³/mol. The number of carbonyl (C=O) groups is 1. The Labute approximate surface area is 137 Å². The molecule has 1 rings (SSSR count). The van der Waals surface area contributed by atoms with E-state index in [1.54, 1.807) is 0 Å². The van der Waals surface area contributed by atoms with Crippen molar-refractivity contribution < 1.29 is 69.1 Å². The average Bonchev–Trinajstić information content (AvgIpc) is 2.28. The first kappa shape index (κ1) is 17.0. The Kier molecular flexibility index (Phi) is 7.85. The van der Waals surface area contributed by atoms with Gasteiger partial charge in [-0.2, -0.15) is 0 Å². The van der Waals surface area contributed by atoms with Gasteiger partial charge in [0.25, 0.3) is 0 Å². The number of nitrogens with zero attached hydrogens (tertiary/aromatic N) is 1. The van der Waals surface area contributed by atoms with Crippen LogP contribution >= 0.6 is 0 Å². The van der Waals surface area contributed by atoms with Crippen molar-refractivity contribution in [2.24, 2.45) is 5.92 Å². The summed E-state index contributed by atoms with van der Waals surface area (Å²) >= 11 is 0. The van der Waals surface area contributed by atoms with Crippen molar-refractivity contribution in [1.82, 2.24) is 4.90 Å². The van der Waals surface area contributed by atoms with Crippen LogP contribution in [0.2, 0.25) is 0 Å². The third-order valence-electron chi connectivity index (χ3n) is 2.93. The van der Waals surface area contributed by atoms with Crippen LogP contribution in [0, 0.1) is 5.92 Å². The molecule has 0 radical (unpaired) electrons. The second-order valence-electron chi connectivity index (χ2n) is 4.15. The molecule has 7 heteroatoms. The van der Waals surface area contributed by atoms with Crippen LogP contribution in [0.1, 0.15) is 32.6 Å². The quantitative estimate of drug-likeness (QED) is 0.622. The van der Waals surface area contributed by atoms with Crippen LogP contribution in [0.5, 0.6) is 0 Å². The van der Waals surface area contributed by atoms with Crippen LogP contribution < -0.4 is 51.4 Å². The molecule has 0 aromatic carbocycles. The van der Waals surface area contributed by atoms with E-state index in [-0.39, 0.29) is 70.3 Å². The minimum absolute atomic E-state index is 0. The van der Waals surface area contributed by atoms with E-state index in [4.69, 9.17) is 0 Å². The third kappa shape index (κ3) is 6.05. The van der Waals surface area contributed by atoms with Gasteiger partial charge in [0.05, 0.1) is 0 Å². The zero-order chi connectivity index (χ0) is 11.5. The molecule has 1 aliphatic heterocycles. The molecule has 1 saturated heterocycles. The number of amides is 1. The summed E-state index contributed by atoms with van der Waals surface area (Å²) in [5, 5.41) is 0. The molecule has 0 saturated carbocycles. The average molecular weight is 261 g/mol. The predicted octanol–water partition coefficient (Wildman–Crippen LogP) is -0.584. The molecule has 0 N–H and O–H groups in total. The second kappa shape index (κ2) is 7.41. The fourth-order valence-electron chi connectivity index (χ4n) is 1.94. The van der Waals surface area contributed by atoms with E-state index in [1.165, 1.54) is 0 Å². The Bertz CT molecular complexity index is 237. The van der Waals surface area contributed by atoms with Gasteiger partial charge in [0.15, 0.2) is 0 Å². The van der Waals surface area contributed by atoms with Gasteiger partial charge >= 0.3 is 58.4 Å². The zero-order valence-corrected chi connectivity index (χ0v) is 13.0. The van der Waals surface area contributed by atoms with Crippen molar-refractivity contribution in [3.05, 3.63) is 0 Å². The standard InChI is InChI=1S/C9H16BF3NO.K/c1-2-8-3-4-9(15)14(6-5-8)7-10(11,12)13;/h8H,2-7H2,1H3;/q-1;+1. The molecule has 0 bridgehead atoms. The van der Waals surface area contributed by atoms with E-state index in [9.17, 15) is 17.7 Å². The number of carbonyl (C=O) groups excluding carboxylic acids is 1. The summed E-state index contributed by atoms with van der Waals surface area (Å²) in [6.45, 7) is -2.61. The van der Waals surface area contributed by atoms with Crippen LogP contribution in [-0.4, -0.2) is 30.8 Å². The molecule has 2 nitrogen and oxygen atoms in total. The summed E-state index contributed by atoms with van der Waals surface area (Å²) in [6, 6.07) is 0. The van der Waals surface area contributed by atoms with Crippen molar-refractivity contribution >= 4 is 12.9 Å². The fourth-order valence-corrected chi connectivity index (χ4v) is 1.94. The second-order valence-corrected chi connectivity index (χ2v) is 4.15. The van der Waals surface area contributed by atoms with Crippen LogP contribution in [0.4, 0.5) is 12.9 Å². The fraction of sp³-hybridized carbons (Fsp3) is 0.889. The minimum atomic E-state index is -4.89. The van der Waals surface area contributed by atoms with E-state index in [2.05, 4.69) is 0 Å². The Morgan fingerprint density at radius 1 is 1.38 bits per heavy atom. The van der Waals surface area contributed by atoms with Crippen LogP contribution in [0.3, 0.4) is 0 Å². The monoisotopic (exact) mass is 261 g/mol. The van der Waals surface area contributed by atoms with Crippen molar-refractivity contribution in [2.45, 2.75) is 32.6 Å². The van der Waals surface area contributed by atoms with Crippen LogP contribution in [-0.2, 0) is 4.79 Å². The van der Waals surface area contributed by atoms with Gasteiger partial charge in [-0.05, 0) is 25.2 Å². The molecule has 1 unspecified atom stereocenters. The SMILES string of the molecule is CCC1CCC(=O)N(C[B-](F)(F)F)CC1.[K+]. The Hall–Kier alpha value is 0.961. The molecule has 0 spiro atoms. The van der Waals surface area contributed by atoms with Crippen molar-refractivity contribution in [1.29, 1.82) is 0 Å². The summed E-state index contributed by atoms with van der Waals surface area (Å²) in [5.74, 6) is 0.0600. The third-order valence-corrected chi connectivity index (χ3v) is 2.93. The Morgan fingerprint density at radius 3 is 2.50 bits per heavy atom. The maximum atomic E-state index is 12.2. The number of halogens is 3. The molecule has 16 heavy (non-hydrogen) atoms. The van der Waals surface area contributed by atoms with Gasteiger partial charge < -0.3 is 17.8 Å². The topological polar surface area (TPSA) is 20.3 Å². The molecule has 0 aromatic heterocycles. The molecule has 0 aliphatic carbocycles. The first-order valence-electron chi connectivity index (χ1n) is 5.41. The van der Waals surface area contributed by atoms with Crippen LogP contribution in [0.25, 0.3) is 0 Å². The largest absolute Gasteiger partial charge is 1.00 e. The van der Waals surface area contributed by atoms with E-state index in [0.717, 1.165) is 17.7 Å². The first-order valence-corrected chi connectivity index (χ1v) is 5.41. The van der Waals surface area contributed by atoms with Gasteiger partial charge in [-0.3, -0.25) is 4.79 Å². The van der Waals surface area contributed by atoms with E-state index in [1.807, 2.05) is 6.92 Å². The van der Waals surface area contributed by atoms with Gasteiger partial charge in [0.1, 0.15) is 0 Å². The molecule has 1 fully saturated rings. The Balaban J connectivity index is 0.00000225. The summed E-state index contributed by atoms with van der Waals surface area (Å²) in [5.41, 5.74) is 0. The van der Waals surface area contributed by atoms with Gasteiger partial charge in [0, 0.05) is 13.0 Å². The van der Waals surface area contributed by atoms with Crippen molar-refractivity contribution in [2.75, 3.05) is 13.0 Å².